The third-order valence-electron chi connectivity index (χ3n) is 7.93. The molecule has 3 nitrogen and oxygen atoms in total. The molecule has 3 heteroatoms. The maximum Gasteiger partial charge on any atom is 0.268 e. The van der Waals surface area contributed by atoms with E-state index in [0.29, 0.717) is 0 Å². The first-order valence-corrected chi connectivity index (χ1v) is 12.4. The van der Waals surface area contributed by atoms with Crippen LogP contribution in [0, 0.1) is 23.3 Å². The maximum atomic E-state index is 9.45. The average molecular weight is 452 g/mol. The molecule has 1 aliphatic carbocycles. The SMILES string of the molecule is [C-]#[N+]/C(C#N)=C1C=C(/C=C/c2cc3c4c(c2)C(C)(C)CCN4CCC3(C)C)CC(C(C)(C)C)=C\1. The van der Waals surface area contributed by atoms with E-state index in [1.165, 1.54) is 40.8 Å². The molecule has 2 heterocycles. The zero-order valence-corrected chi connectivity index (χ0v) is 21.8. The first kappa shape index (κ1) is 24.1. The molecule has 0 bridgehead atoms. The fraction of sp³-hybridized carbons (Fsp3) is 0.484. The Balaban J connectivity index is 1.79. The van der Waals surface area contributed by atoms with Crippen molar-refractivity contribution in [2.75, 3.05) is 18.0 Å². The van der Waals surface area contributed by atoms with Crippen molar-refractivity contribution in [3.8, 4) is 6.07 Å². The van der Waals surface area contributed by atoms with Gasteiger partial charge in [0.25, 0.3) is 5.70 Å². The highest BCUT2D eigenvalue weighted by Gasteiger charge is 2.39. The predicted molar refractivity (Wildman–Crippen MR) is 142 cm³/mol. The molecule has 34 heavy (non-hydrogen) atoms. The Labute approximate surface area is 206 Å². The minimum Gasteiger partial charge on any atom is -0.371 e. The molecule has 0 N–H and O–H groups in total. The molecule has 0 saturated heterocycles. The lowest BCUT2D eigenvalue weighted by Crippen LogP contribution is -2.44. The molecule has 1 aromatic rings. The lowest BCUT2D eigenvalue weighted by atomic mass is 9.69. The summed E-state index contributed by atoms with van der Waals surface area (Å²) in [5.74, 6) is 0. The number of hydrogen-bond donors (Lipinski definition) is 0. The summed E-state index contributed by atoms with van der Waals surface area (Å²) in [5, 5.41) is 9.45. The topological polar surface area (TPSA) is 31.4 Å². The van der Waals surface area contributed by atoms with E-state index in [0.717, 1.165) is 30.7 Å². The van der Waals surface area contributed by atoms with Crippen molar-refractivity contribution < 1.29 is 0 Å². The van der Waals surface area contributed by atoms with E-state index in [1.54, 1.807) is 0 Å². The minimum atomic E-state index is -0.0192. The highest BCUT2D eigenvalue weighted by Crippen LogP contribution is 2.49. The number of anilines is 1. The Morgan fingerprint density at radius 2 is 1.62 bits per heavy atom. The van der Waals surface area contributed by atoms with Gasteiger partial charge in [0.05, 0.1) is 12.6 Å². The van der Waals surface area contributed by atoms with Crippen molar-refractivity contribution in [2.24, 2.45) is 5.41 Å². The molecule has 176 valence electrons. The van der Waals surface area contributed by atoms with E-state index in [1.807, 2.05) is 12.2 Å². The van der Waals surface area contributed by atoms with Crippen LogP contribution >= 0.6 is 0 Å². The second kappa shape index (κ2) is 8.32. The van der Waals surface area contributed by atoms with E-state index in [-0.39, 0.29) is 21.9 Å². The summed E-state index contributed by atoms with van der Waals surface area (Å²) in [7, 11) is 0. The summed E-state index contributed by atoms with van der Waals surface area (Å²) in [6.07, 6.45) is 11.7. The monoisotopic (exact) mass is 451 g/mol. The van der Waals surface area contributed by atoms with Gasteiger partial charge in [-0.05, 0) is 75.5 Å². The van der Waals surface area contributed by atoms with Crippen LogP contribution in [0.3, 0.4) is 0 Å². The average Bonchev–Trinajstić information content (AvgIpc) is 2.76. The van der Waals surface area contributed by atoms with Crippen molar-refractivity contribution in [1.29, 1.82) is 5.26 Å². The molecule has 0 spiro atoms. The molecule has 0 atom stereocenters. The van der Waals surface area contributed by atoms with Gasteiger partial charge in [-0.25, -0.2) is 10.1 Å². The Bertz CT molecular complexity index is 1170. The molecule has 0 saturated carbocycles. The van der Waals surface area contributed by atoms with Crippen LogP contribution in [0.2, 0.25) is 0 Å². The number of benzene rings is 1. The molecule has 0 aromatic heterocycles. The van der Waals surface area contributed by atoms with Gasteiger partial charge in [-0.15, -0.1) is 0 Å². The van der Waals surface area contributed by atoms with Crippen molar-refractivity contribution in [2.45, 2.75) is 78.6 Å². The van der Waals surface area contributed by atoms with Gasteiger partial charge < -0.3 is 4.90 Å². The summed E-state index contributed by atoms with van der Waals surface area (Å²) >= 11 is 0. The minimum absolute atomic E-state index is 0.0192. The molecule has 0 fully saturated rings. The third kappa shape index (κ3) is 4.37. The normalized spacial score (nSPS) is 22.3. The van der Waals surface area contributed by atoms with Crippen LogP contribution in [-0.4, -0.2) is 13.1 Å². The highest BCUT2D eigenvalue weighted by atomic mass is 15.2. The fourth-order valence-corrected chi connectivity index (χ4v) is 5.39. The quantitative estimate of drug-likeness (QED) is 0.338. The smallest absolute Gasteiger partial charge is 0.268 e. The summed E-state index contributed by atoms with van der Waals surface area (Å²) in [6.45, 7) is 25.8. The van der Waals surface area contributed by atoms with Crippen molar-refractivity contribution in [1.82, 2.24) is 0 Å². The van der Waals surface area contributed by atoms with Crippen LogP contribution in [0.15, 0.2) is 52.8 Å². The summed E-state index contributed by atoms with van der Waals surface area (Å²) < 4.78 is 0. The van der Waals surface area contributed by atoms with Crippen molar-refractivity contribution in [3.05, 3.63) is 80.9 Å². The van der Waals surface area contributed by atoms with Gasteiger partial charge in [0.1, 0.15) is 0 Å². The van der Waals surface area contributed by atoms with Crippen LogP contribution in [0.1, 0.15) is 84.4 Å². The summed E-state index contributed by atoms with van der Waals surface area (Å²) in [5.41, 5.74) is 9.24. The van der Waals surface area contributed by atoms with Gasteiger partial charge in [0, 0.05) is 18.8 Å². The Morgan fingerprint density at radius 3 is 2.12 bits per heavy atom. The number of allylic oxidation sites excluding steroid dienone is 7. The third-order valence-corrected chi connectivity index (χ3v) is 7.93. The molecule has 2 aliphatic heterocycles. The standard InChI is InChI=1S/C31H37N3/c1-29(2,3)24-16-21(15-23(19-24)27(20-32)33-8)9-10-22-17-25-28-26(18-22)31(6,7)12-14-34(28)13-11-30(25,4)5/h9-10,15,17-19H,11-14,16H2,1-7H3/b10-9+,27-23+. The second-order valence-corrected chi connectivity index (χ2v) is 12.4. The van der Waals surface area contributed by atoms with Gasteiger partial charge in [-0.2, -0.15) is 0 Å². The van der Waals surface area contributed by atoms with Crippen LogP contribution in [0.25, 0.3) is 10.9 Å². The van der Waals surface area contributed by atoms with Crippen molar-refractivity contribution in [3.63, 3.8) is 0 Å². The summed E-state index contributed by atoms with van der Waals surface area (Å²) in [4.78, 5) is 6.07. The van der Waals surface area contributed by atoms with Crippen LogP contribution in [-0.2, 0) is 10.8 Å². The number of rotatable bonds is 2. The van der Waals surface area contributed by atoms with Gasteiger partial charge in [-0.3, -0.25) is 0 Å². The molecular weight excluding hydrogens is 414 g/mol. The first-order valence-electron chi connectivity index (χ1n) is 12.4. The Kier molecular flexibility index (Phi) is 5.90. The fourth-order valence-electron chi connectivity index (χ4n) is 5.39. The second-order valence-electron chi connectivity index (χ2n) is 12.4. The van der Waals surface area contributed by atoms with E-state index >= 15 is 0 Å². The van der Waals surface area contributed by atoms with Crippen LogP contribution in [0.4, 0.5) is 5.69 Å². The molecule has 1 aromatic carbocycles. The summed E-state index contributed by atoms with van der Waals surface area (Å²) in [6, 6.07) is 6.86. The number of nitrogens with zero attached hydrogens (tertiary/aromatic N) is 3. The van der Waals surface area contributed by atoms with Gasteiger partial charge in [0.2, 0.25) is 0 Å². The van der Waals surface area contributed by atoms with E-state index in [2.05, 4.69) is 88.6 Å². The lowest BCUT2D eigenvalue weighted by Gasteiger charge is -2.48. The lowest BCUT2D eigenvalue weighted by molar-refractivity contribution is 0.401. The largest absolute Gasteiger partial charge is 0.371 e. The van der Waals surface area contributed by atoms with E-state index in [9.17, 15) is 5.26 Å². The Hall–Kier alpha value is -3.04. The Morgan fingerprint density at radius 1 is 1.03 bits per heavy atom. The zero-order chi connectivity index (χ0) is 24.9. The number of nitriles is 1. The highest BCUT2D eigenvalue weighted by molar-refractivity contribution is 5.72. The predicted octanol–water partition coefficient (Wildman–Crippen LogP) is 7.87. The van der Waals surface area contributed by atoms with Crippen LogP contribution in [0.5, 0.6) is 0 Å². The van der Waals surface area contributed by atoms with Gasteiger partial charge in [-0.1, -0.05) is 78.3 Å². The molecule has 4 rings (SSSR count). The molecular formula is C31H37N3. The van der Waals surface area contributed by atoms with E-state index in [4.69, 9.17) is 6.57 Å². The van der Waals surface area contributed by atoms with Crippen molar-refractivity contribution >= 4 is 11.8 Å². The van der Waals surface area contributed by atoms with Crippen LogP contribution < -0.4 is 4.90 Å². The maximum absolute atomic E-state index is 9.45. The number of hydrogen-bond acceptors (Lipinski definition) is 2. The molecule has 0 amide bonds. The molecule has 3 aliphatic rings. The van der Waals surface area contributed by atoms with E-state index < -0.39 is 0 Å². The van der Waals surface area contributed by atoms with Gasteiger partial charge in [0.15, 0.2) is 0 Å². The molecule has 0 radical (unpaired) electrons. The first-order chi connectivity index (χ1) is 15.9. The van der Waals surface area contributed by atoms with Gasteiger partial charge >= 0.3 is 0 Å². The molecule has 0 unspecified atom stereocenters. The zero-order valence-electron chi connectivity index (χ0n) is 21.8.